The third-order valence-electron chi connectivity index (χ3n) is 6.02. The Hall–Kier alpha value is -3.37. The summed E-state index contributed by atoms with van der Waals surface area (Å²) in [6, 6.07) is 4.15. The predicted octanol–water partition coefficient (Wildman–Crippen LogP) is 2.29. The first-order valence-electron chi connectivity index (χ1n) is 11.2. The highest BCUT2D eigenvalue weighted by atomic mass is 16.6. The van der Waals surface area contributed by atoms with E-state index in [2.05, 4.69) is 6.92 Å². The summed E-state index contributed by atoms with van der Waals surface area (Å²) in [5, 5.41) is 11.2. The summed E-state index contributed by atoms with van der Waals surface area (Å²) in [6.45, 7) is 6.46. The Balaban J connectivity index is 1.62. The lowest BCUT2D eigenvalue weighted by Gasteiger charge is -2.34. The molecule has 3 rings (SSSR count). The molecule has 0 saturated carbocycles. The van der Waals surface area contributed by atoms with Gasteiger partial charge in [0.1, 0.15) is 0 Å². The number of esters is 1. The molecule has 11 heteroatoms. The molecule has 2 aliphatic heterocycles. The standard InChI is InChI=1S/C22H30N4O7/c1-3-32-22(29)25-12-10-24(11-13-25)20(27)15-33-21(28)18-14-17(26(30)31)4-5-19(18)23-8-6-16(2)7-9-23/h4-5,14,16H,3,6-13,15H2,1-2H3. The summed E-state index contributed by atoms with van der Waals surface area (Å²) < 4.78 is 10.2. The van der Waals surface area contributed by atoms with Gasteiger partial charge in [-0.25, -0.2) is 9.59 Å². The van der Waals surface area contributed by atoms with Crippen LogP contribution in [-0.2, 0) is 14.3 Å². The molecule has 2 aliphatic rings. The molecule has 0 atom stereocenters. The molecule has 0 N–H and O–H groups in total. The van der Waals surface area contributed by atoms with Gasteiger partial charge in [-0.3, -0.25) is 14.9 Å². The zero-order chi connectivity index (χ0) is 24.0. The summed E-state index contributed by atoms with van der Waals surface area (Å²) in [4.78, 5) is 52.9. The molecular weight excluding hydrogens is 432 g/mol. The van der Waals surface area contributed by atoms with Crippen LogP contribution in [0.3, 0.4) is 0 Å². The number of piperidine rings is 1. The number of amides is 2. The first-order valence-corrected chi connectivity index (χ1v) is 11.2. The second-order valence-electron chi connectivity index (χ2n) is 8.27. The van der Waals surface area contributed by atoms with Crippen LogP contribution in [0.2, 0.25) is 0 Å². The smallest absolute Gasteiger partial charge is 0.409 e. The minimum absolute atomic E-state index is 0.0821. The Morgan fingerprint density at radius 3 is 2.27 bits per heavy atom. The van der Waals surface area contributed by atoms with Gasteiger partial charge in [0.2, 0.25) is 0 Å². The highest BCUT2D eigenvalue weighted by molar-refractivity contribution is 5.97. The van der Waals surface area contributed by atoms with Crippen molar-refractivity contribution < 1.29 is 28.8 Å². The van der Waals surface area contributed by atoms with Crippen LogP contribution in [0.5, 0.6) is 0 Å². The van der Waals surface area contributed by atoms with E-state index < -0.39 is 23.6 Å². The van der Waals surface area contributed by atoms with E-state index in [1.807, 2.05) is 4.90 Å². The number of non-ortho nitro benzene ring substituents is 1. The number of nitrogens with zero attached hydrogens (tertiary/aromatic N) is 4. The quantitative estimate of drug-likeness (QED) is 0.358. The minimum Gasteiger partial charge on any atom is -0.452 e. The summed E-state index contributed by atoms with van der Waals surface area (Å²) >= 11 is 0. The van der Waals surface area contributed by atoms with Gasteiger partial charge < -0.3 is 24.2 Å². The van der Waals surface area contributed by atoms with Gasteiger partial charge in [-0.1, -0.05) is 6.92 Å². The molecule has 2 heterocycles. The van der Waals surface area contributed by atoms with E-state index in [9.17, 15) is 24.5 Å². The Morgan fingerprint density at radius 1 is 1.03 bits per heavy atom. The van der Waals surface area contributed by atoms with Crippen molar-refractivity contribution in [1.82, 2.24) is 9.80 Å². The third-order valence-corrected chi connectivity index (χ3v) is 6.02. The van der Waals surface area contributed by atoms with Crippen molar-refractivity contribution in [3.8, 4) is 0 Å². The number of nitro benzene ring substituents is 1. The number of carbonyl (C=O) groups excluding carboxylic acids is 3. The van der Waals surface area contributed by atoms with Crippen LogP contribution >= 0.6 is 0 Å². The molecule has 0 aromatic heterocycles. The van der Waals surface area contributed by atoms with Crippen molar-refractivity contribution in [1.29, 1.82) is 0 Å². The number of piperazine rings is 1. The zero-order valence-corrected chi connectivity index (χ0v) is 19.0. The number of nitro groups is 1. The number of benzene rings is 1. The molecule has 0 aliphatic carbocycles. The van der Waals surface area contributed by atoms with Crippen LogP contribution in [-0.4, -0.2) is 85.2 Å². The first kappa shape index (κ1) is 24.3. The number of carbonyl (C=O) groups is 3. The summed E-state index contributed by atoms with van der Waals surface area (Å²) in [5.41, 5.74) is 0.448. The summed E-state index contributed by atoms with van der Waals surface area (Å²) in [6.07, 6.45) is 1.50. The Kier molecular flexibility index (Phi) is 8.07. The first-order chi connectivity index (χ1) is 15.8. The highest BCUT2D eigenvalue weighted by Gasteiger charge is 2.27. The third kappa shape index (κ3) is 6.11. The van der Waals surface area contributed by atoms with Gasteiger partial charge in [0.15, 0.2) is 6.61 Å². The summed E-state index contributed by atoms with van der Waals surface area (Å²) in [7, 11) is 0. The molecule has 1 aromatic carbocycles. The molecule has 1 aromatic rings. The van der Waals surface area contributed by atoms with Crippen molar-refractivity contribution in [3.63, 3.8) is 0 Å². The van der Waals surface area contributed by atoms with E-state index in [4.69, 9.17) is 9.47 Å². The van der Waals surface area contributed by atoms with E-state index in [1.165, 1.54) is 21.9 Å². The minimum atomic E-state index is -0.772. The molecule has 2 saturated heterocycles. The SMILES string of the molecule is CCOC(=O)N1CCN(C(=O)COC(=O)c2cc([N+](=O)[O-])ccc2N2CCC(C)CC2)CC1. The van der Waals surface area contributed by atoms with Gasteiger partial charge in [-0.05, 0) is 31.7 Å². The number of anilines is 1. The molecule has 180 valence electrons. The van der Waals surface area contributed by atoms with Crippen molar-refractivity contribution in [2.45, 2.75) is 26.7 Å². The van der Waals surface area contributed by atoms with Gasteiger partial charge in [-0.15, -0.1) is 0 Å². The van der Waals surface area contributed by atoms with E-state index in [-0.39, 0.29) is 23.8 Å². The summed E-state index contributed by atoms with van der Waals surface area (Å²) in [5.74, 6) is -0.576. The maximum Gasteiger partial charge on any atom is 0.409 e. The fraction of sp³-hybridized carbons (Fsp3) is 0.591. The lowest BCUT2D eigenvalue weighted by atomic mass is 9.98. The maximum absolute atomic E-state index is 12.8. The second kappa shape index (κ2) is 11.0. The molecular formula is C22H30N4O7. The predicted molar refractivity (Wildman–Crippen MR) is 119 cm³/mol. The fourth-order valence-corrected chi connectivity index (χ4v) is 3.98. The van der Waals surface area contributed by atoms with Crippen LogP contribution in [0.15, 0.2) is 18.2 Å². The molecule has 0 unspecified atom stereocenters. The van der Waals surface area contributed by atoms with Crippen molar-refractivity contribution in [2.24, 2.45) is 5.92 Å². The highest BCUT2D eigenvalue weighted by Crippen LogP contribution is 2.30. The van der Waals surface area contributed by atoms with E-state index in [1.54, 1.807) is 13.0 Å². The van der Waals surface area contributed by atoms with Crippen LogP contribution in [0.25, 0.3) is 0 Å². The van der Waals surface area contributed by atoms with E-state index >= 15 is 0 Å². The zero-order valence-electron chi connectivity index (χ0n) is 19.0. The fourth-order valence-electron chi connectivity index (χ4n) is 3.98. The number of hydrogen-bond acceptors (Lipinski definition) is 8. The van der Waals surface area contributed by atoms with E-state index in [0.717, 1.165) is 25.9 Å². The molecule has 0 radical (unpaired) electrons. The average Bonchev–Trinajstić information content (AvgIpc) is 2.82. The second-order valence-corrected chi connectivity index (χ2v) is 8.27. The van der Waals surface area contributed by atoms with Gasteiger partial charge in [0.25, 0.3) is 11.6 Å². The Morgan fingerprint density at radius 2 is 1.67 bits per heavy atom. The van der Waals surface area contributed by atoms with Gasteiger partial charge in [-0.2, -0.15) is 0 Å². The van der Waals surface area contributed by atoms with Gasteiger partial charge >= 0.3 is 12.1 Å². The molecule has 0 bridgehead atoms. The maximum atomic E-state index is 12.8. The molecule has 11 nitrogen and oxygen atoms in total. The molecule has 0 spiro atoms. The Labute approximate surface area is 192 Å². The molecule has 2 amide bonds. The normalized spacial score (nSPS) is 17.0. The van der Waals surface area contributed by atoms with Crippen LogP contribution in [0.4, 0.5) is 16.2 Å². The topological polar surface area (TPSA) is 123 Å². The number of rotatable bonds is 6. The van der Waals surface area contributed by atoms with E-state index in [0.29, 0.717) is 37.8 Å². The van der Waals surface area contributed by atoms with Crippen molar-refractivity contribution in [3.05, 3.63) is 33.9 Å². The van der Waals surface area contributed by atoms with Gasteiger partial charge in [0, 0.05) is 51.4 Å². The van der Waals surface area contributed by atoms with Crippen LogP contribution in [0.1, 0.15) is 37.0 Å². The Bertz CT molecular complexity index is 891. The largest absolute Gasteiger partial charge is 0.452 e. The lowest BCUT2D eigenvalue weighted by molar-refractivity contribution is -0.384. The lowest BCUT2D eigenvalue weighted by Crippen LogP contribution is -2.51. The number of hydrogen-bond donors (Lipinski definition) is 0. The molecule has 33 heavy (non-hydrogen) atoms. The van der Waals surface area contributed by atoms with Crippen molar-refractivity contribution in [2.75, 3.05) is 57.4 Å². The molecule has 2 fully saturated rings. The average molecular weight is 463 g/mol. The van der Waals surface area contributed by atoms with Gasteiger partial charge in [0.05, 0.1) is 22.8 Å². The van der Waals surface area contributed by atoms with Crippen LogP contribution in [0, 0.1) is 16.0 Å². The van der Waals surface area contributed by atoms with Crippen LogP contribution < -0.4 is 4.90 Å². The number of ether oxygens (including phenoxy) is 2. The van der Waals surface area contributed by atoms with Crippen molar-refractivity contribution >= 4 is 29.3 Å². The monoisotopic (exact) mass is 462 g/mol.